The summed E-state index contributed by atoms with van der Waals surface area (Å²) in [4.78, 5) is 60.4. The molecule has 0 saturated carbocycles. The van der Waals surface area contributed by atoms with E-state index in [4.69, 9.17) is 33.5 Å². The van der Waals surface area contributed by atoms with E-state index in [1.807, 2.05) is 20.8 Å². The Morgan fingerprint density at radius 1 is 0.483 bits per heavy atom. The number of rotatable bonds is 40. The van der Waals surface area contributed by atoms with Crippen LogP contribution in [0.5, 0.6) is 0 Å². The topological polar surface area (TPSA) is 173 Å². The maximum atomic E-state index is 12.9. The van der Waals surface area contributed by atoms with Gasteiger partial charge in [0.05, 0.1) is 65.2 Å². The molecule has 13 nitrogen and oxygen atoms in total. The maximum absolute atomic E-state index is 12.9. The quantitative estimate of drug-likeness (QED) is 0.0445. The van der Waals surface area contributed by atoms with Crippen LogP contribution in [0.15, 0.2) is 0 Å². The lowest BCUT2D eigenvalue weighted by Gasteiger charge is -2.23. The highest BCUT2D eigenvalue weighted by atomic mass is 16.6. The molecule has 0 aliphatic rings. The van der Waals surface area contributed by atoms with Gasteiger partial charge in [-0.25, -0.2) is 0 Å². The fourth-order valence-electron chi connectivity index (χ4n) is 6.10. The second-order valence-electron chi connectivity index (χ2n) is 17.2. The lowest BCUT2D eigenvalue weighted by Crippen LogP contribution is -2.32. The van der Waals surface area contributed by atoms with Crippen LogP contribution >= 0.6 is 0 Å². The Bertz CT molecular complexity index is 1070. The number of aliphatic carboxylic acids is 1. The molecule has 0 aromatic rings. The zero-order valence-electron chi connectivity index (χ0n) is 37.4. The predicted molar refractivity (Wildman–Crippen MR) is 226 cm³/mol. The average molecular weight is 830 g/mol. The van der Waals surface area contributed by atoms with Gasteiger partial charge in [0.25, 0.3) is 0 Å². The molecule has 0 aromatic carbocycles. The van der Waals surface area contributed by atoms with Crippen molar-refractivity contribution in [3.8, 4) is 0 Å². The Morgan fingerprint density at radius 3 is 1.31 bits per heavy atom. The van der Waals surface area contributed by atoms with Crippen molar-refractivity contribution in [2.45, 2.75) is 194 Å². The summed E-state index contributed by atoms with van der Waals surface area (Å²) in [6, 6.07) is 0. The van der Waals surface area contributed by atoms with Crippen molar-refractivity contribution in [3.63, 3.8) is 0 Å². The van der Waals surface area contributed by atoms with Gasteiger partial charge < -0.3 is 38.8 Å². The Hall–Kier alpha value is -2.61. The van der Waals surface area contributed by atoms with E-state index in [1.54, 1.807) is 20.8 Å². The van der Waals surface area contributed by atoms with E-state index in [9.17, 15) is 24.0 Å². The minimum atomic E-state index is -0.895. The van der Waals surface area contributed by atoms with Crippen molar-refractivity contribution in [1.82, 2.24) is 5.32 Å². The number of hydrogen-bond acceptors (Lipinski definition) is 11. The van der Waals surface area contributed by atoms with E-state index in [0.29, 0.717) is 65.6 Å². The standard InChI is InChI=1S/C45H83NO12/c1-44(2,3)57-42(51)24-22-20-18-16-14-12-10-8-7-9-11-13-15-17-19-21-23-39(47)37-38(43(52)58-45(4,5)6)25-26-40(48)46-28-30-54-32-34-56-36-35-55-33-31-53-29-27-41(49)50/h38H,7-37H2,1-6H3,(H,46,48)(H,49,50)/t38-/m1/s1. The molecule has 2 N–H and O–H groups in total. The van der Waals surface area contributed by atoms with Gasteiger partial charge >= 0.3 is 17.9 Å². The van der Waals surface area contributed by atoms with Crippen molar-refractivity contribution in [1.29, 1.82) is 0 Å². The highest BCUT2D eigenvalue weighted by Crippen LogP contribution is 2.21. The molecule has 0 saturated heterocycles. The second-order valence-corrected chi connectivity index (χ2v) is 17.2. The third-order valence-electron chi connectivity index (χ3n) is 9.09. The van der Waals surface area contributed by atoms with Gasteiger partial charge in [-0.1, -0.05) is 89.9 Å². The fourth-order valence-corrected chi connectivity index (χ4v) is 6.10. The minimum absolute atomic E-state index is 0.0295. The molecular weight excluding hydrogens is 746 g/mol. The molecule has 340 valence electrons. The molecule has 1 atom stereocenters. The van der Waals surface area contributed by atoms with Crippen LogP contribution in [-0.2, 0) is 52.4 Å². The fraction of sp³-hybridized carbons (Fsp3) is 0.889. The van der Waals surface area contributed by atoms with Crippen LogP contribution in [0.25, 0.3) is 0 Å². The first-order valence-electron chi connectivity index (χ1n) is 22.3. The largest absolute Gasteiger partial charge is 0.481 e. The number of nitrogens with one attached hydrogen (secondary N) is 1. The second kappa shape index (κ2) is 36.3. The van der Waals surface area contributed by atoms with Gasteiger partial charge in [-0.3, -0.25) is 24.0 Å². The monoisotopic (exact) mass is 830 g/mol. The number of hydrogen-bond donors (Lipinski definition) is 2. The molecule has 0 aliphatic carbocycles. The van der Waals surface area contributed by atoms with E-state index in [0.717, 1.165) is 32.1 Å². The number of amides is 1. The number of carboxylic acid groups (broad SMARTS) is 1. The molecular formula is C45H83NO12. The molecule has 0 radical (unpaired) electrons. The summed E-state index contributed by atoms with van der Waals surface area (Å²) in [7, 11) is 0. The number of carboxylic acids is 1. The molecule has 1 amide bonds. The van der Waals surface area contributed by atoms with Gasteiger partial charge in [-0.15, -0.1) is 0 Å². The highest BCUT2D eigenvalue weighted by Gasteiger charge is 2.27. The number of Topliss-reactive ketones (excluding diaryl/α,β-unsaturated/α-hetero) is 1. The maximum Gasteiger partial charge on any atom is 0.309 e. The summed E-state index contributed by atoms with van der Waals surface area (Å²) >= 11 is 0. The highest BCUT2D eigenvalue weighted by molar-refractivity contribution is 5.85. The van der Waals surface area contributed by atoms with Gasteiger partial charge in [0, 0.05) is 32.2 Å². The molecule has 0 aromatic heterocycles. The van der Waals surface area contributed by atoms with Crippen LogP contribution in [0, 0.1) is 5.92 Å². The van der Waals surface area contributed by atoms with E-state index in [2.05, 4.69) is 5.32 Å². The van der Waals surface area contributed by atoms with Crippen molar-refractivity contribution < 1.29 is 57.5 Å². The van der Waals surface area contributed by atoms with Gasteiger partial charge in [-0.2, -0.15) is 0 Å². The first kappa shape index (κ1) is 55.4. The van der Waals surface area contributed by atoms with Crippen molar-refractivity contribution >= 4 is 29.6 Å². The van der Waals surface area contributed by atoms with Crippen LogP contribution in [0.2, 0.25) is 0 Å². The summed E-state index contributed by atoms with van der Waals surface area (Å²) in [6.45, 7) is 14.1. The molecule has 58 heavy (non-hydrogen) atoms. The average Bonchev–Trinajstić information content (AvgIpc) is 3.12. The van der Waals surface area contributed by atoms with Crippen LogP contribution in [-0.4, -0.2) is 105 Å². The normalized spacial score (nSPS) is 12.3. The number of esters is 2. The molecule has 0 fully saturated rings. The number of carbonyl (C=O) groups is 5. The Kier molecular flexibility index (Phi) is 34.6. The van der Waals surface area contributed by atoms with Crippen LogP contribution in [0.4, 0.5) is 0 Å². The summed E-state index contributed by atoms with van der Waals surface area (Å²) < 4.78 is 32.3. The van der Waals surface area contributed by atoms with Gasteiger partial charge in [-0.05, 0) is 60.8 Å². The van der Waals surface area contributed by atoms with E-state index in [1.165, 1.54) is 70.6 Å². The van der Waals surface area contributed by atoms with Crippen LogP contribution in [0.3, 0.4) is 0 Å². The zero-order valence-corrected chi connectivity index (χ0v) is 37.4. The number of unbranched alkanes of at least 4 members (excludes halogenated alkanes) is 15. The molecule has 0 rings (SSSR count). The van der Waals surface area contributed by atoms with Crippen molar-refractivity contribution in [2.24, 2.45) is 5.92 Å². The Morgan fingerprint density at radius 2 is 0.879 bits per heavy atom. The molecule has 0 spiro atoms. The minimum Gasteiger partial charge on any atom is -0.481 e. The van der Waals surface area contributed by atoms with E-state index >= 15 is 0 Å². The number of ether oxygens (including phenoxy) is 6. The molecule has 0 bridgehead atoms. The summed E-state index contributed by atoms with van der Waals surface area (Å²) in [6.07, 6.45) is 20.2. The van der Waals surface area contributed by atoms with E-state index in [-0.39, 0.29) is 49.9 Å². The first-order valence-corrected chi connectivity index (χ1v) is 22.3. The van der Waals surface area contributed by atoms with Crippen molar-refractivity contribution in [2.75, 3.05) is 59.4 Å². The first-order chi connectivity index (χ1) is 27.6. The SMILES string of the molecule is CC(C)(C)OC(=O)CCCCCCCCCCCCCCCCCCC(=O)C[C@@H](CCC(=O)NCCOCCOCCOCCOCCC(=O)O)C(=O)OC(C)(C)C. The van der Waals surface area contributed by atoms with Crippen LogP contribution < -0.4 is 5.32 Å². The molecule has 0 unspecified atom stereocenters. The van der Waals surface area contributed by atoms with Gasteiger partial charge in [0.15, 0.2) is 0 Å². The number of carbonyl (C=O) groups excluding carboxylic acids is 4. The summed E-state index contributed by atoms with van der Waals surface area (Å²) in [5.74, 6) is -2.23. The van der Waals surface area contributed by atoms with Gasteiger partial charge in [0.1, 0.15) is 17.0 Å². The smallest absolute Gasteiger partial charge is 0.309 e. The molecule has 0 aliphatic heterocycles. The van der Waals surface area contributed by atoms with Crippen molar-refractivity contribution in [3.05, 3.63) is 0 Å². The molecule has 13 heteroatoms. The zero-order chi connectivity index (χ0) is 43.3. The summed E-state index contributed by atoms with van der Waals surface area (Å²) in [5.41, 5.74) is -1.07. The van der Waals surface area contributed by atoms with Crippen LogP contribution in [0.1, 0.15) is 183 Å². The lowest BCUT2D eigenvalue weighted by molar-refractivity contribution is -0.161. The Labute approximate surface area is 351 Å². The third-order valence-corrected chi connectivity index (χ3v) is 9.09. The number of ketones is 1. The predicted octanol–water partition coefficient (Wildman–Crippen LogP) is 8.70. The summed E-state index contributed by atoms with van der Waals surface area (Å²) in [5, 5.41) is 11.3. The molecule has 0 heterocycles. The van der Waals surface area contributed by atoms with Gasteiger partial charge in [0.2, 0.25) is 5.91 Å². The third kappa shape index (κ3) is 41.5. The Balaban J connectivity index is 3.92. The lowest BCUT2D eigenvalue weighted by atomic mass is 9.94. The van der Waals surface area contributed by atoms with E-state index < -0.39 is 29.1 Å².